The molecule has 0 aliphatic carbocycles. The van der Waals surface area contributed by atoms with Gasteiger partial charge in [-0.3, -0.25) is 4.79 Å². The molecule has 9 heteroatoms. The highest BCUT2D eigenvalue weighted by molar-refractivity contribution is 7.80. The van der Waals surface area contributed by atoms with Gasteiger partial charge in [-0.2, -0.15) is 0 Å². The summed E-state index contributed by atoms with van der Waals surface area (Å²) >= 11 is 5.74. The monoisotopic (exact) mass is 476 g/mol. The number of aromatic nitrogens is 1. The lowest BCUT2D eigenvalue weighted by atomic mass is 10.1. The van der Waals surface area contributed by atoms with Crippen LogP contribution in [0.3, 0.4) is 0 Å². The van der Waals surface area contributed by atoms with Gasteiger partial charge in [-0.05, 0) is 50.3 Å². The molecule has 1 aliphatic heterocycles. The Kier molecular flexibility index (Phi) is 9.34. The van der Waals surface area contributed by atoms with E-state index in [1.54, 1.807) is 20.3 Å². The second kappa shape index (κ2) is 12.2. The van der Waals surface area contributed by atoms with Gasteiger partial charge in [-0.15, -0.1) is 0 Å². The van der Waals surface area contributed by atoms with Gasteiger partial charge in [0.25, 0.3) is 5.56 Å². The van der Waals surface area contributed by atoms with Crippen LogP contribution in [0.15, 0.2) is 23.0 Å². The number of ether oxygens (including phenoxy) is 3. The van der Waals surface area contributed by atoms with Gasteiger partial charge in [0, 0.05) is 43.3 Å². The number of benzene rings is 1. The molecule has 2 heterocycles. The van der Waals surface area contributed by atoms with Gasteiger partial charge in [0.2, 0.25) is 0 Å². The molecule has 182 valence electrons. The van der Waals surface area contributed by atoms with E-state index in [1.807, 2.05) is 12.1 Å². The van der Waals surface area contributed by atoms with Crippen LogP contribution in [-0.2, 0) is 11.3 Å². The van der Waals surface area contributed by atoms with E-state index in [0.29, 0.717) is 40.8 Å². The Morgan fingerprint density at radius 3 is 2.55 bits per heavy atom. The topological polar surface area (TPSA) is 79.1 Å². The Morgan fingerprint density at radius 1 is 1.18 bits per heavy atom. The molecule has 1 saturated heterocycles. The molecule has 1 atom stereocenters. The quantitative estimate of drug-likeness (QED) is 0.480. The molecule has 2 aromatic rings. The Bertz CT molecular complexity index is 986. The van der Waals surface area contributed by atoms with E-state index < -0.39 is 0 Å². The van der Waals surface area contributed by atoms with E-state index in [0.717, 1.165) is 51.0 Å². The van der Waals surface area contributed by atoms with Crippen LogP contribution in [0.5, 0.6) is 11.5 Å². The lowest BCUT2D eigenvalue weighted by Crippen LogP contribution is -2.46. The number of hydrogen-bond donors (Lipinski definition) is 2. The van der Waals surface area contributed by atoms with E-state index in [-0.39, 0.29) is 11.7 Å². The van der Waals surface area contributed by atoms with Crippen LogP contribution in [-0.4, -0.2) is 79.6 Å². The standard InChI is InChI=1S/C24H36N4O4S/c1-5-27(6-2)9-10-28(24(33)25-15-19-8-7-11-32-19)16-18-12-17-13-21(30-3)22(31-4)14-20(17)26-23(18)29/h12-14,19H,5-11,15-16H2,1-4H3,(H,25,33)(H,26,29). The van der Waals surface area contributed by atoms with Crippen LogP contribution in [0.1, 0.15) is 32.3 Å². The zero-order valence-electron chi connectivity index (χ0n) is 20.1. The van der Waals surface area contributed by atoms with Crippen LogP contribution in [0.25, 0.3) is 10.9 Å². The summed E-state index contributed by atoms with van der Waals surface area (Å²) < 4.78 is 16.5. The number of rotatable bonds is 11. The number of thiocarbonyl (C=S) groups is 1. The maximum absolute atomic E-state index is 12.9. The molecular weight excluding hydrogens is 440 g/mol. The summed E-state index contributed by atoms with van der Waals surface area (Å²) in [5.41, 5.74) is 1.22. The molecule has 1 fully saturated rings. The van der Waals surface area contributed by atoms with Gasteiger partial charge < -0.3 is 34.3 Å². The first kappa shape index (κ1) is 25.3. The third-order valence-corrected chi connectivity index (χ3v) is 6.56. The summed E-state index contributed by atoms with van der Waals surface area (Å²) in [6, 6.07) is 5.57. The molecule has 0 spiro atoms. The maximum atomic E-state index is 12.9. The molecule has 1 unspecified atom stereocenters. The smallest absolute Gasteiger partial charge is 0.253 e. The summed E-state index contributed by atoms with van der Waals surface area (Å²) in [6.45, 7) is 9.75. The van der Waals surface area contributed by atoms with Crippen molar-refractivity contribution in [2.24, 2.45) is 0 Å². The fraction of sp³-hybridized carbons (Fsp3) is 0.583. The van der Waals surface area contributed by atoms with Gasteiger partial charge in [0.05, 0.1) is 32.4 Å². The Labute approximate surface area is 201 Å². The van der Waals surface area contributed by atoms with Crippen molar-refractivity contribution in [3.05, 3.63) is 34.1 Å². The summed E-state index contributed by atoms with van der Waals surface area (Å²) in [7, 11) is 3.18. The minimum absolute atomic E-state index is 0.135. The van der Waals surface area contributed by atoms with E-state index in [9.17, 15) is 4.79 Å². The van der Waals surface area contributed by atoms with E-state index in [1.165, 1.54) is 0 Å². The number of nitrogens with one attached hydrogen (secondary N) is 2. The third kappa shape index (κ3) is 6.59. The lowest BCUT2D eigenvalue weighted by molar-refractivity contribution is 0.113. The summed E-state index contributed by atoms with van der Waals surface area (Å²) in [4.78, 5) is 20.3. The van der Waals surface area contributed by atoms with Gasteiger partial charge in [0.1, 0.15) is 0 Å². The van der Waals surface area contributed by atoms with Crippen LogP contribution in [0.2, 0.25) is 0 Å². The molecule has 1 aromatic heterocycles. The van der Waals surface area contributed by atoms with Crippen molar-refractivity contribution in [2.45, 2.75) is 39.3 Å². The third-order valence-electron chi connectivity index (χ3n) is 6.16. The fourth-order valence-corrected chi connectivity index (χ4v) is 4.31. The average molecular weight is 477 g/mol. The Hall–Kier alpha value is -2.36. The van der Waals surface area contributed by atoms with Crippen molar-refractivity contribution in [1.82, 2.24) is 20.1 Å². The number of pyridine rings is 1. The SMILES string of the molecule is CCN(CC)CCN(Cc1cc2cc(OC)c(OC)cc2[nH]c1=O)C(=S)NCC1CCCO1. The molecule has 0 bridgehead atoms. The zero-order valence-corrected chi connectivity index (χ0v) is 20.9. The summed E-state index contributed by atoms with van der Waals surface area (Å²) in [5, 5.41) is 4.88. The van der Waals surface area contributed by atoms with E-state index in [4.69, 9.17) is 26.4 Å². The van der Waals surface area contributed by atoms with Crippen molar-refractivity contribution in [3.8, 4) is 11.5 Å². The van der Waals surface area contributed by atoms with Crippen molar-refractivity contribution in [2.75, 3.05) is 53.6 Å². The molecular formula is C24H36N4O4S. The number of methoxy groups -OCH3 is 2. The van der Waals surface area contributed by atoms with Crippen molar-refractivity contribution < 1.29 is 14.2 Å². The minimum Gasteiger partial charge on any atom is -0.493 e. The second-order valence-electron chi connectivity index (χ2n) is 8.19. The Balaban J connectivity index is 1.82. The van der Waals surface area contributed by atoms with Crippen LogP contribution < -0.4 is 20.3 Å². The van der Waals surface area contributed by atoms with Crippen molar-refractivity contribution >= 4 is 28.2 Å². The van der Waals surface area contributed by atoms with Gasteiger partial charge in [-0.25, -0.2) is 0 Å². The van der Waals surface area contributed by atoms with Crippen LogP contribution in [0, 0.1) is 0 Å². The molecule has 33 heavy (non-hydrogen) atoms. The molecule has 1 aromatic carbocycles. The highest BCUT2D eigenvalue weighted by Gasteiger charge is 2.19. The first-order valence-corrected chi connectivity index (χ1v) is 12.0. The van der Waals surface area contributed by atoms with E-state index in [2.05, 4.69) is 33.9 Å². The lowest BCUT2D eigenvalue weighted by Gasteiger charge is -2.29. The van der Waals surface area contributed by atoms with Gasteiger partial charge in [0.15, 0.2) is 16.6 Å². The largest absolute Gasteiger partial charge is 0.493 e. The molecule has 0 amide bonds. The number of H-pyrrole nitrogens is 1. The number of aromatic amines is 1. The maximum Gasteiger partial charge on any atom is 0.253 e. The minimum atomic E-state index is -0.135. The molecule has 1 aliphatic rings. The molecule has 3 rings (SSSR count). The first-order chi connectivity index (χ1) is 16.0. The fourth-order valence-electron chi connectivity index (χ4n) is 4.07. The zero-order chi connectivity index (χ0) is 23.8. The van der Waals surface area contributed by atoms with Crippen molar-refractivity contribution in [1.29, 1.82) is 0 Å². The highest BCUT2D eigenvalue weighted by Crippen LogP contribution is 2.31. The van der Waals surface area contributed by atoms with Crippen LogP contribution >= 0.6 is 12.2 Å². The predicted octanol–water partition coefficient (Wildman–Crippen LogP) is 2.74. The van der Waals surface area contributed by atoms with Gasteiger partial charge in [-0.1, -0.05) is 13.8 Å². The van der Waals surface area contributed by atoms with Gasteiger partial charge >= 0.3 is 0 Å². The molecule has 0 saturated carbocycles. The first-order valence-electron chi connectivity index (χ1n) is 11.6. The normalized spacial score (nSPS) is 15.7. The van der Waals surface area contributed by atoms with Crippen molar-refractivity contribution in [3.63, 3.8) is 0 Å². The van der Waals surface area contributed by atoms with E-state index >= 15 is 0 Å². The average Bonchev–Trinajstić information content (AvgIpc) is 3.35. The number of likely N-dealkylation sites (N-methyl/N-ethyl adjacent to an activating group) is 1. The number of fused-ring (bicyclic) bond motifs is 1. The number of hydrogen-bond acceptors (Lipinski definition) is 6. The molecule has 0 radical (unpaired) electrons. The second-order valence-corrected chi connectivity index (χ2v) is 8.57. The summed E-state index contributed by atoms with van der Waals surface area (Å²) in [5.74, 6) is 1.20. The summed E-state index contributed by atoms with van der Waals surface area (Å²) in [6.07, 6.45) is 2.33. The molecule has 2 N–H and O–H groups in total. The molecule has 8 nitrogen and oxygen atoms in total. The highest BCUT2D eigenvalue weighted by atomic mass is 32.1. The van der Waals surface area contributed by atoms with Crippen LogP contribution in [0.4, 0.5) is 0 Å². The predicted molar refractivity (Wildman–Crippen MR) is 135 cm³/mol. The Morgan fingerprint density at radius 2 is 1.91 bits per heavy atom. The number of nitrogens with zero attached hydrogens (tertiary/aromatic N) is 2.